The van der Waals surface area contributed by atoms with Crippen LogP contribution in [-0.2, 0) is 9.19 Å². The first-order chi connectivity index (χ1) is 9.06. The summed E-state index contributed by atoms with van der Waals surface area (Å²) in [6.45, 7) is 0. The molecule has 0 spiro atoms. The highest BCUT2D eigenvalue weighted by Crippen LogP contribution is 2.27. The maximum atomic E-state index is 11.2. The second kappa shape index (κ2) is 5.80. The fourth-order valence-corrected chi connectivity index (χ4v) is 1.78. The second-order valence-electron chi connectivity index (χ2n) is 3.90. The van der Waals surface area contributed by atoms with Gasteiger partial charge in [-0.05, 0) is 0 Å². The molecule has 0 unspecified atom stereocenters. The lowest BCUT2D eigenvalue weighted by Gasteiger charge is -2.08. The van der Waals surface area contributed by atoms with Gasteiger partial charge in [-0.1, -0.05) is 65.8 Å². The van der Waals surface area contributed by atoms with Gasteiger partial charge in [0.05, 0.1) is 0 Å². The van der Waals surface area contributed by atoms with E-state index in [4.69, 9.17) is 15.6 Å². The third-order valence-corrected chi connectivity index (χ3v) is 2.69. The van der Waals surface area contributed by atoms with Gasteiger partial charge in [-0.3, -0.25) is 0 Å². The van der Waals surface area contributed by atoms with Crippen LogP contribution in [0.15, 0.2) is 65.8 Å². The predicted molar refractivity (Wildman–Crippen MR) is 75.6 cm³/mol. The molecule has 0 aliphatic heterocycles. The normalized spacial score (nSPS) is 10.8. The van der Waals surface area contributed by atoms with Crippen LogP contribution >= 0.6 is 7.67 Å². The van der Waals surface area contributed by atoms with Crippen LogP contribution < -0.4 is 11.0 Å². The summed E-state index contributed by atoms with van der Waals surface area (Å²) in [5.74, 6) is 0. The topological polar surface area (TPSA) is 90.7 Å². The molecule has 2 rings (SSSR count). The molecular weight excluding hydrogens is 261 g/mol. The van der Waals surface area contributed by atoms with Crippen molar-refractivity contribution in [3.8, 4) is 0 Å². The third-order valence-electron chi connectivity index (χ3n) is 2.35. The van der Waals surface area contributed by atoms with Crippen LogP contribution in [-0.4, -0.2) is 5.71 Å². The Labute approximate surface area is 111 Å². The summed E-state index contributed by atoms with van der Waals surface area (Å²) in [5, 5.41) is 3.84. The van der Waals surface area contributed by atoms with E-state index >= 15 is 0 Å². The Kier molecular flexibility index (Phi) is 4.12. The van der Waals surface area contributed by atoms with Crippen molar-refractivity contribution >= 4 is 13.4 Å². The van der Waals surface area contributed by atoms with Crippen molar-refractivity contribution in [2.75, 3.05) is 0 Å². The van der Waals surface area contributed by atoms with Crippen molar-refractivity contribution in [3.05, 3.63) is 71.8 Å². The molecule has 0 fully saturated rings. The molecule has 19 heavy (non-hydrogen) atoms. The Hall–Kier alpha value is -1.94. The standard InChI is InChI=1S/C13H14N3O2P/c14-19(15,17)18-16-13(11-7-3-1-4-8-11)12-9-5-2-6-10-12/h1-10H,(H4,14,15,17). The zero-order valence-electron chi connectivity index (χ0n) is 10.1. The summed E-state index contributed by atoms with van der Waals surface area (Å²) in [7, 11) is -3.65. The number of hydrogen-bond acceptors (Lipinski definition) is 3. The first-order valence-corrected chi connectivity index (χ1v) is 7.37. The number of rotatable bonds is 4. The third kappa shape index (κ3) is 4.03. The summed E-state index contributed by atoms with van der Waals surface area (Å²) in [6.07, 6.45) is 0. The molecule has 0 saturated carbocycles. The van der Waals surface area contributed by atoms with Crippen LogP contribution in [0.5, 0.6) is 0 Å². The van der Waals surface area contributed by atoms with Crippen molar-refractivity contribution in [2.24, 2.45) is 16.2 Å². The SMILES string of the molecule is NP(N)(=O)ON=C(c1ccccc1)c1ccccc1. The predicted octanol–water partition coefficient (Wildman–Crippen LogP) is 2.48. The van der Waals surface area contributed by atoms with Crippen molar-refractivity contribution < 1.29 is 9.19 Å². The maximum absolute atomic E-state index is 11.2. The van der Waals surface area contributed by atoms with Crippen molar-refractivity contribution in [1.82, 2.24) is 0 Å². The molecule has 0 atom stereocenters. The average molecular weight is 275 g/mol. The number of oxime groups is 1. The molecule has 4 N–H and O–H groups in total. The summed E-state index contributed by atoms with van der Waals surface area (Å²) < 4.78 is 15.9. The molecule has 2 aromatic carbocycles. The van der Waals surface area contributed by atoms with E-state index in [2.05, 4.69) is 5.16 Å². The smallest absolute Gasteiger partial charge is 0.311 e. The Bertz CT molecular complexity index is 567. The fraction of sp³-hybridized carbons (Fsp3) is 0. The Morgan fingerprint density at radius 2 is 1.32 bits per heavy atom. The van der Waals surface area contributed by atoms with Gasteiger partial charge in [-0.15, -0.1) is 0 Å². The van der Waals surface area contributed by atoms with Gasteiger partial charge in [0.25, 0.3) is 0 Å². The van der Waals surface area contributed by atoms with Gasteiger partial charge in [0.15, 0.2) is 0 Å². The zero-order chi connectivity index (χ0) is 13.7. The van der Waals surface area contributed by atoms with Crippen LogP contribution in [0.3, 0.4) is 0 Å². The van der Waals surface area contributed by atoms with E-state index in [1.165, 1.54) is 0 Å². The van der Waals surface area contributed by atoms with Gasteiger partial charge in [-0.25, -0.2) is 15.6 Å². The van der Waals surface area contributed by atoms with Crippen LogP contribution in [0, 0.1) is 0 Å². The lowest BCUT2D eigenvalue weighted by Crippen LogP contribution is -2.09. The van der Waals surface area contributed by atoms with E-state index in [1.807, 2.05) is 60.7 Å². The Morgan fingerprint density at radius 3 is 1.68 bits per heavy atom. The van der Waals surface area contributed by atoms with Crippen LogP contribution in [0.25, 0.3) is 0 Å². The molecule has 2 aromatic rings. The minimum absolute atomic E-state index is 0.525. The van der Waals surface area contributed by atoms with Gasteiger partial charge < -0.3 is 4.62 Å². The van der Waals surface area contributed by atoms with Crippen molar-refractivity contribution in [2.45, 2.75) is 0 Å². The van der Waals surface area contributed by atoms with E-state index in [1.54, 1.807) is 0 Å². The highest BCUT2D eigenvalue weighted by molar-refractivity contribution is 7.53. The molecule has 0 heterocycles. The van der Waals surface area contributed by atoms with E-state index in [0.29, 0.717) is 5.71 Å². The molecule has 5 nitrogen and oxygen atoms in total. The van der Waals surface area contributed by atoms with Crippen LogP contribution in [0.1, 0.15) is 11.1 Å². The van der Waals surface area contributed by atoms with E-state index in [0.717, 1.165) is 11.1 Å². The number of hydrogen-bond donors (Lipinski definition) is 2. The molecule has 0 saturated heterocycles. The molecule has 0 aliphatic carbocycles. The highest BCUT2D eigenvalue weighted by Gasteiger charge is 2.12. The van der Waals surface area contributed by atoms with E-state index in [9.17, 15) is 4.57 Å². The molecule has 0 bridgehead atoms. The molecule has 98 valence electrons. The molecule has 0 aliphatic rings. The Morgan fingerprint density at radius 1 is 0.895 bits per heavy atom. The molecule has 0 amide bonds. The van der Waals surface area contributed by atoms with E-state index in [-0.39, 0.29) is 0 Å². The monoisotopic (exact) mass is 275 g/mol. The van der Waals surface area contributed by atoms with Crippen LogP contribution in [0.4, 0.5) is 0 Å². The highest BCUT2D eigenvalue weighted by atomic mass is 31.2. The van der Waals surface area contributed by atoms with Crippen LogP contribution in [0.2, 0.25) is 0 Å². The van der Waals surface area contributed by atoms with Gasteiger partial charge in [-0.2, -0.15) is 0 Å². The van der Waals surface area contributed by atoms with E-state index < -0.39 is 7.67 Å². The van der Waals surface area contributed by atoms with Gasteiger partial charge in [0.2, 0.25) is 0 Å². The summed E-state index contributed by atoms with van der Waals surface area (Å²) in [6, 6.07) is 18.8. The summed E-state index contributed by atoms with van der Waals surface area (Å²) in [5.41, 5.74) is 12.5. The van der Waals surface area contributed by atoms with Gasteiger partial charge >= 0.3 is 7.67 Å². The second-order valence-corrected chi connectivity index (χ2v) is 5.35. The first kappa shape index (κ1) is 13.5. The molecule has 0 aromatic heterocycles. The first-order valence-electron chi connectivity index (χ1n) is 5.61. The van der Waals surface area contributed by atoms with Crippen molar-refractivity contribution in [3.63, 3.8) is 0 Å². The molecule has 6 heteroatoms. The Balaban J connectivity index is 2.43. The minimum atomic E-state index is -3.65. The van der Waals surface area contributed by atoms with Crippen molar-refractivity contribution in [1.29, 1.82) is 0 Å². The van der Waals surface area contributed by atoms with Gasteiger partial charge in [0, 0.05) is 11.1 Å². The average Bonchev–Trinajstić information content (AvgIpc) is 2.40. The fourth-order valence-electron chi connectivity index (χ4n) is 1.57. The number of nitrogens with two attached hydrogens (primary N) is 2. The minimum Gasteiger partial charge on any atom is -0.311 e. The zero-order valence-corrected chi connectivity index (χ0v) is 11.0. The largest absolute Gasteiger partial charge is 0.405 e. The quantitative estimate of drug-likeness (QED) is 0.509. The summed E-state index contributed by atoms with van der Waals surface area (Å²) in [4.78, 5) is 0. The number of nitrogens with zero attached hydrogens (tertiary/aromatic N) is 1. The number of benzene rings is 2. The lowest BCUT2D eigenvalue weighted by molar-refractivity contribution is 0.335. The maximum Gasteiger partial charge on any atom is 0.405 e. The summed E-state index contributed by atoms with van der Waals surface area (Å²) >= 11 is 0. The molecule has 0 radical (unpaired) electrons. The van der Waals surface area contributed by atoms with Gasteiger partial charge in [0.1, 0.15) is 5.71 Å². The lowest BCUT2D eigenvalue weighted by atomic mass is 10.0. The molecular formula is C13H14N3O2P.